The Bertz CT molecular complexity index is 380. The molecule has 2 heterocycles. The van der Waals surface area contributed by atoms with Gasteiger partial charge in [0.2, 0.25) is 0 Å². The minimum atomic E-state index is -0.264. The lowest BCUT2D eigenvalue weighted by atomic mass is 10.1. The molecule has 1 saturated heterocycles. The molecule has 1 aliphatic heterocycles. The minimum absolute atomic E-state index is 0.248. The lowest BCUT2D eigenvalue weighted by molar-refractivity contribution is -0.0512. The van der Waals surface area contributed by atoms with Crippen LogP contribution in [0.25, 0.3) is 0 Å². The van der Waals surface area contributed by atoms with Crippen LogP contribution >= 0.6 is 11.6 Å². The predicted octanol–water partition coefficient (Wildman–Crippen LogP) is 0.946. The fourth-order valence-corrected chi connectivity index (χ4v) is 2.24. The van der Waals surface area contributed by atoms with Crippen molar-refractivity contribution in [2.24, 2.45) is 5.73 Å². The van der Waals surface area contributed by atoms with Crippen LogP contribution in [-0.4, -0.2) is 43.0 Å². The first-order valence-corrected chi connectivity index (χ1v) is 6.29. The number of ether oxygens (including phenoxy) is 3. The van der Waals surface area contributed by atoms with Gasteiger partial charge in [0.05, 0.1) is 49.3 Å². The number of nitrogens with zero attached hydrogens (tertiary/aromatic N) is 2. The van der Waals surface area contributed by atoms with Crippen LogP contribution in [0.3, 0.4) is 0 Å². The van der Waals surface area contributed by atoms with Gasteiger partial charge in [0.25, 0.3) is 0 Å². The number of hydrogen-bond donors (Lipinski definition) is 1. The van der Waals surface area contributed by atoms with E-state index in [9.17, 15) is 0 Å². The number of methoxy groups -OCH3 is 1. The molecule has 2 rings (SSSR count). The van der Waals surface area contributed by atoms with Crippen LogP contribution in [-0.2, 0) is 20.8 Å². The molecule has 1 aliphatic rings. The van der Waals surface area contributed by atoms with E-state index >= 15 is 0 Å². The van der Waals surface area contributed by atoms with E-state index in [1.165, 1.54) is 0 Å². The van der Waals surface area contributed by atoms with Crippen LogP contribution in [0.4, 0.5) is 0 Å². The Balaban J connectivity index is 2.02. The first-order chi connectivity index (χ1) is 8.72. The molecule has 0 spiro atoms. The second-order valence-corrected chi connectivity index (χ2v) is 4.51. The van der Waals surface area contributed by atoms with Crippen LogP contribution in [0.15, 0.2) is 6.20 Å². The van der Waals surface area contributed by atoms with Gasteiger partial charge in [0, 0.05) is 13.5 Å². The van der Waals surface area contributed by atoms with Gasteiger partial charge in [-0.15, -0.1) is 0 Å². The normalized spacial score (nSPS) is 18.4. The summed E-state index contributed by atoms with van der Waals surface area (Å²) in [7, 11) is 1.64. The predicted molar refractivity (Wildman–Crippen MR) is 66.4 cm³/mol. The van der Waals surface area contributed by atoms with Gasteiger partial charge in [0.15, 0.2) is 6.29 Å². The van der Waals surface area contributed by atoms with Crippen molar-refractivity contribution >= 4 is 11.6 Å². The van der Waals surface area contributed by atoms with E-state index in [1.807, 2.05) is 0 Å². The summed E-state index contributed by atoms with van der Waals surface area (Å²) in [5, 5.41) is 4.76. The van der Waals surface area contributed by atoms with Crippen LogP contribution in [0.2, 0.25) is 5.02 Å². The molecule has 6 nitrogen and oxygen atoms in total. The van der Waals surface area contributed by atoms with Gasteiger partial charge in [0.1, 0.15) is 0 Å². The molecular formula is C11H18ClN3O3. The summed E-state index contributed by atoms with van der Waals surface area (Å²) < 4.78 is 17.6. The first-order valence-electron chi connectivity index (χ1n) is 5.91. The largest absolute Gasteiger partial charge is 0.383 e. The molecule has 102 valence electrons. The average molecular weight is 276 g/mol. The molecule has 18 heavy (non-hydrogen) atoms. The van der Waals surface area contributed by atoms with E-state index in [-0.39, 0.29) is 12.3 Å². The summed E-state index contributed by atoms with van der Waals surface area (Å²) in [6.07, 6.45) is 1.92. The highest BCUT2D eigenvalue weighted by molar-refractivity contribution is 6.31. The van der Waals surface area contributed by atoms with Gasteiger partial charge < -0.3 is 19.9 Å². The summed E-state index contributed by atoms with van der Waals surface area (Å²) in [6, 6.07) is -0.264. The Kier molecular flexibility index (Phi) is 4.96. The summed E-state index contributed by atoms with van der Waals surface area (Å²) in [5.41, 5.74) is 6.95. The highest BCUT2D eigenvalue weighted by atomic mass is 35.5. The molecule has 2 N–H and O–H groups in total. The Morgan fingerprint density at radius 3 is 3.00 bits per heavy atom. The monoisotopic (exact) mass is 275 g/mol. The van der Waals surface area contributed by atoms with Crippen LogP contribution in [0, 0.1) is 0 Å². The van der Waals surface area contributed by atoms with E-state index < -0.39 is 0 Å². The molecule has 7 heteroatoms. The first kappa shape index (κ1) is 13.8. The molecule has 0 aliphatic carbocycles. The van der Waals surface area contributed by atoms with Gasteiger partial charge in [-0.25, -0.2) is 0 Å². The van der Waals surface area contributed by atoms with E-state index in [4.69, 9.17) is 31.5 Å². The summed E-state index contributed by atoms with van der Waals surface area (Å²) >= 11 is 6.12. The molecule has 0 aromatic carbocycles. The molecule has 0 bridgehead atoms. The molecule has 1 unspecified atom stereocenters. The van der Waals surface area contributed by atoms with Crippen molar-refractivity contribution in [3.8, 4) is 0 Å². The van der Waals surface area contributed by atoms with Crippen molar-refractivity contribution in [3.05, 3.63) is 16.9 Å². The molecule has 1 aromatic heterocycles. The molecule has 1 atom stereocenters. The molecule has 0 radical (unpaired) electrons. The maximum Gasteiger partial charge on any atom is 0.159 e. The van der Waals surface area contributed by atoms with Crippen molar-refractivity contribution in [3.63, 3.8) is 0 Å². The summed E-state index contributed by atoms with van der Waals surface area (Å²) in [4.78, 5) is 0. The van der Waals surface area contributed by atoms with Crippen molar-refractivity contribution in [2.75, 3.05) is 26.9 Å². The number of halogens is 1. The lowest BCUT2D eigenvalue weighted by Crippen LogP contribution is -2.23. The van der Waals surface area contributed by atoms with Crippen molar-refractivity contribution in [2.45, 2.75) is 25.3 Å². The van der Waals surface area contributed by atoms with E-state index in [0.29, 0.717) is 37.8 Å². The van der Waals surface area contributed by atoms with Gasteiger partial charge in [-0.3, -0.25) is 4.68 Å². The number of aromatic nitrogens is 2. The Labute approximate surface area is 111 Å². The van der Waals surface area contributed by atoms with Gasteiger partial charge in [-0.1, -0.05) is 11.6 Å². The average Bonchev–Trinajstić information content (AvgIpc) is 2.96. The van der Waals surface area contributed by atoms with E-state index in [2.05, 4.69) is 5.10 Å². The fourth-order valence-electron chi connectivity index (χ4n) is 1.96. The zero-order valence-electron chi connectivity index (χ0n) is 10.3. The SMILES string of the molecule is COCCn1ncc(Cl)c1C(N)CC1OCCO1. The van der Waals surface area contributed by atoms with Crippen LogP contribution in [0.5, 0.6) is 0 Å². The third-order valence-electron chi connectivity index (χ3n) is 2.83. The smallest absolute Gasteiger partial charge is 0.159 e. The van der Waals surface area contributed by atoms with Crippen molar-refractivity contribution in [1.29, 1.82) is 0 Å². The summed E-state index contributed by atoms with van der Waals surface area (Å²) in [5.74, 6) is 0. The minimum Gasteiger partial charge on any atom is -0.383 e. The maximum absolute atomic E-state index is 6.15. The zero-order chi connectivity index (χ0) is 13.0. The van der Waals surface area contributed by atoms with Gasteiger partial charge >= 0.3 is 0 Å². The number of nitrogens with two attached hydrogens (primary N) is 1. The number of hydrogen-bond acceptors (Lipinski definition) is 5. The molecule has 0 saturated carbocycles. The quantitative estimate of drug-likeness (QED) is 0.837. The standard InChI is InChI=1S/C11H18ClN3O3/c1-16-3-2-15-11(8(12)7-14-15)9(13)6-10-17-4-5-18-10/h7,9-10H,2-6,13H2,1H3. The Hall–Kier alpha value is -0.660. The molecule has 1 fully saturated rings. The Morgan fingerprint density at radius 2 is 2.33 bits per heavy atom. The third kappa shape index (κ3) is 3.21. The fraction of sp³-hybridized carbons (Fsp3) is 0.727. The lowest BCUT2D eigenvalue weighted by Gasteiger charge is -2.17. The highest BCUT2D eigenvalue weighted by Gasteiger charge is 2.24. The second kappa shape index (κ2) is 6.49. The highest BCUT2D eigenvalue weighted by Crippen LogP contribution is 2.26. The van der Waals surface area contributed by atoms with E-state index in [0.717, 1.165) is 5.69 Å². The Morgan fingerprint density at radius 1 is 1.61 bits per heavy atom. The van der Waals surface area contributed by atoms with Crippen LogP contribution < -0.4 is 5.73 Å². The zero-order valence-corrected chi connectivity index (χ0v) is 11.1. The second-order valence-electron chi connectivity index (χ2n) is 4.11. The third-order valence-corrected chi connectivity index (χ3v) is 3.12. The van der Waals surface area contributed by atoms with Crippen molar-refractivity contribution in [1.82, 2.24) is 9.78 Å². The van der Waals surface area contributed by atoms with Gasteiger partial charge in [-0.05, 0) is 0 Å². The molecular weight excluding hydrogens is 258 g/mol. The summed E-state index contributed by atoms with van der Waals surface area (Å²) in [6.45, 7) is 2.43. The molecule has 1 aromatic rings. The van der Waals surface area contributed by atoms with E-state index in [1.54, 1.807) is 18.0 Å². The number of rotatable bonds is 6. The van der Waals surface area contributed by atoms with Crippen molar-refractivity contribution < 1.29 is 14.2 Å². The topological polar surface area (TPSA) is 71.5 Å². The van der Waals surface area contributed by atoms with Gasteiger partial charge in [-0.2, -0.15) is 5.10 Å². The molecule has 0 amide bonds. The van der Waals surface area contributed by atoms with Crippen LogP contribution in [0.1, 0.15) is 18.2 Å². The maximum atomic E-state index is 6.15.